The van der Waals surface area contributed by atoms with Gasteiger partial charge >= 0.3 is 0 Å². The van der Waals surface area contributed by atoms with E-state index in [2.05, 4.69) is 18.2 Å². The van der Waals surface area contributed by atoms with Crippen LogP contribution in [-0.2, 0) is 9.47 Å². The molecule has 0 spiro atoms. The third-order valence-electron chi connectivity index (χ3n) is 4.36. The van der Waals surface area contributed by atoms with Crippen LogP contribution in [0.25, 0.3) is 10.8 Å². The zero-order valence-electron chi connectivity index (χ0n) is 11.7. The van der Waals surface area contributed by atoms with Crippen molar-refractivity contribution in [2.75, 3.05) is 20.3 Å². The Morgan fingerprint density at radius 3 is 2.55 bits per heavy atom. The first-order valence-corrected chi connectivity index (χ1v) is 7.05. The standard InChI is InChI=1S/C17H20O3/c1-19-17(9-11-20-12-10-17)16(18)15-8-4-6-13-5-2-3-7-14(13)15/h2-8,16,18H,9-12H2,1H3. The lowest BCUT2D eigenvalue weighted by atomic mass is 9.82. The summed E-state index contributed by atoms with van der Waals surface area (Å²) in [6, 6.07) is 14.2. The topological polar surface area (TPSA) is 38.7 Å². The largest absolute Gasteiger partial charge is 0.385 e. The Morgan fingerprint density at radius 2 is 1.80 bits per heavy atom. The van der Waals surface area contributed by atoms with E-state index in [1.807, 2.05) is 24.3 Å². The van der Waals surface area contributed by atoms with Crippen molar-refractivity contribution < 1.29 is 14.6 Å². The van der Waals surface area contributed by atoms with Gasteiger partial charge < -0.3 is 14.6 Å². The number of hydrogen-bond donors (Lipinski definition) is 1. The van der Waals surface area contributed by atoms with Crippen LogP contribution in [0.3, 0.4) is 0 Å². The van der Waals surface area contributed by atoms with E-state index < -0.39 is 11.7 Å². The molecule has 1 aliphatic heterocycles. The van der Waals surface area contributed by atoms with E-state index in [0.29, 0.717) is 26.1 Å². The number of aliphatic hydroxyl groups is 1. The Bertz CT molecular complexity index is 582. The van der Waals surface area contributed by atoms with Gasteiger partial charge in [-0.3, -0.25) is 0 Å². The first kappa shape index (κ1) is 13.6. The molecule has 0 saturated carbocycles. The third-order valence-corrected chi connectivity index (χ3v) is 4.36. The van der Waals surface area contributed by atoms with Crippen molar-refractivity contribution in [3.63, 3.8) is 0 Å². The normalized spacial score (nSPS) is 19.9. The quantitative estimate of drug-likeness (QED) is 0.933. The number of rotatable bonds is 3. The minimum atomic E-state index is -0.637. The van der Waals surface area contributed by atoms with E-state index in [1.165, 1.54) is 0 Å². The molecular weight excluding hydrogens is 252 g/mol. The number of methoxy groups -OCH3 is 1. The fraction of sp³-hybridized carbons (Fsp3) is 0.412. The zero-order valence-corrected chi connectivity index (χ0v) is 11.7. The molecule has 0 bridgehead atoms. The molecule has 1 unspecified atom stereocenters. The van der Waals surface area contributed by atoms with Crippen LogP contribution in [-0.4, -0.2) is 31.0 Å². The van der Waals surface area contributed by atoms with Crippen LogP contribution in [0.5, 0.6) is 0 Å². The predicted octanol–water partition coefficient (Wildman–Crippen LogP) is 3.07. The molecule has 1 saturated heterocycles. The number of benzene rings is 2. The first-order chi connectivity index (χ1) is 9.77. The summed E-state index contributed by atoms with van der Waals surface area (Å²) in [5.41, 5.74) is 0.398. The molecule has 3 heteroatoms. The van der Waals surface area contributed by atoms with Gasteiger partial charge in [0, 0.05) is 33.2 Å². The summed E-state index contributed by atoms with van der Waals surface area (Å²) in [7, 11) is 1.68. The highest BCUT2D eigenvalue weighted by Gasteiger charge is 2.41. The second kappa shape index (κ2) is 5.52. The molecule has 3 nitrogen and oxygen atoms in total. The van der Waals surface area contributed by atoms with Crippen LogP contribution in [0.1, 0.15) is 24.5 Å². The maximum absolute atomic E-state index is 10.9. The van der Waals surface area contributed by atoms with Crippen LogP contribution < -0.4 is 0 Å². The first-order valence-electron chi connectivity index (χ1n) is 7.05. The molecule has 3 rings (SSSR count). The Kier molecular flexibility index (Phi) is 3.74. The van der Waals surface area contributed by atoms with E-state index in [4.69, 9.17) is 9.47 Å². The predicted molar refractivity (Wildman–Crippen MR) is 78.7 cm³/mol. The van der Waals surface area contributed by atoms with Gasteiger partial charge in [-0.15, -0.1) is 0 Å². The molecule has 2 aromatic carbocycles. The van der Waals surface area contributed by atoms with Crippen molar-refractivity contribution in [2.45, 2.75) is 24.5 Å². The highest BCUT2D eigenvalue weighted by molar-refractivity contribution is 5.86. The smallest absolute Gasteiger partial charge is 0.109 e. The van der Waals surface area contributed by atoms with Gasteiger partial charge in [-0.25, -0.2) is 0 Å². The maximum atomic E-state index is 10.9. The summed E-state index contributed by atoms with van der Waals surface area (Å²) in [6.45, 7) is 1.27. The van der Waals surface area contributed by atoms with Crippen LogP contribution >= 0.6 is 0 Å². The Balaban J connectivity index is 2.05. The van der Waals surface area contributed by atoms with E-state index in [0.717, 1.165) is 16.3 Å². The van der Waals surface area contributed by atoms with Gasteiger partial charge in [-0.2, -0.15) is 0 Å². The molecule has 1 N–H and O–H groups in total. The van der Waals surface area contributed by atoms with Crippen LogP contribution in [0.2, 0.25) is 0 Å². The number of ether oxygens (including phenoxy) is 2. The summed E-state index contributed by atoms with van der Waals surface area (Å²) >= 11 is 0. The van der Waals surface area contributed by atoms with Gasteiger partial charge in [-0.05, 0) is 16.3 Å². The number of fused-ring (bicyclic) bond motifs is 1. The molecule has 1 aliphatic rings. The highest BCUT2D eigenvalue weighted by Crippen LogP contribution is 2.39. The lowest BCUT2D eigenvalue weighted by Crippen LogP contribution is -2.43. The van der Waals surface area contributed by atoms with Crippen molar-refractivity contribution in [3.05, 3.63) is 48.0 Å². The minimum Gasteiger partial charge on any atom is -0.385 e. The maximum Gasteiger partial charge on any atom is 0.109 e. The van der Waals surface area contributed by atoms with Crippen molar-refractivity contribution in [2.24, 2.45) is 0 Å². The molecule has 20 heavy (non-hydrogen) atoms. The van der Waals surface area contributed by atoms with Gasteiger partial charge in [-0.1, -0.05) is 42.5 Å². The van der Waals surface area contributed by atoms with Crippen LogP contribution in [0.15, 0.2) is 42.5 Å². The van der Waals surface area contributed by atoms with Gasteiger partial charge in [0.1, 0.15) is 11.7 Å². The second-order valence-electron chi connectivity index (χ2n) is 5.35. The average molecular weight is 272 g/mol. The van der Waals surface area contributed by atoms with E-state index in [9.17, 15) is 5.11 Å². The molecular formula is C17H20O3. The van der Waals surface area contributed by atoms with Crippen molar-refractivity contribution >= 4 is 10.8 Å². The van der Waals surface area contributed by atoms with E-state index in [-0.39, 0.29) is 0 Å². The van der Waals surface area contributed by atoms with Crippen molar-refractivity contribution in [1.29, 1.82) is 0 Å². The second-order valence-corrected chi connectivity index (χ2v) is 5.35. The summed E-state index contributed by atoms with van der Waals surface area (Å²) in [6.07, 6.45) is 0.796. The summed E-state index contributed by atoms with van der Waals surface area (Å²) in [5.74, 6) is 0. The molecule has 1 fully saturated rings. The minimum absolute atomic E-state index is 0.539. The monoisotopic (exact) mass is 272 g/mol. The summed E-state index contributed by atoms with van der Waals surface area (Å²) in [4.78, 5) is 0. The van der Waals surface area contributed by atoms with Crippen LogP contribution in [0.4, 0.5) is 0 Å². The fourth-order valence-corrected chi connectivity index (χ4v) is 3.08. The van der Waals surface area contributed by atoms with Gasteiger partial charge in [0.25, 0.3) is 0 Å². The van der Waals surface area contributed by atoms with E-state index >= 15 is 0 Å². The number of hydrogen-bond acceptors (Lipinski definition) is 3. The Hall–Kier alpha value is -1.42. The van der Waals surface area contributed by atoms with Crippen molar-refractivity contribution in [3.8, 4) is 0 Å². The SMILES string of the molecule is COC1(C(O)c2cccc3ccccc23)CCOCC1. The molecule has 1 heterocycles. The Morgan fingerprint density at radius 1 is 1.10 bits per heavy atom. The molecule has 0 aliphatic carbocycles. The van der Waals surface area contributed by atoms with Gasteiger partial charge in [0.2, 0.25) is 0 Å². The molecule has 0 radical (unpaired) electrons. The van der Waals surface area contributed by atoms with Crippen LogP contribution in [0, 0.1) is 0 Å². The molecule has 106 valence electrons. The summed E-state index contributed by atoms with van der Waals surface area (Å²) < 4.78 is 11.1. The van der Waals surface area contributed by atoms with E-state index in [1.54, 1.807) is 7.11 Å². The number of aliphatic hydroxyl groups excluding tert-OH is 1. The molecule has 2 aromatic rings. The lowest BCUT2D eigenvalue weighted by Gasteiger charge is -2.40. The molecule has 0 aromatic heterocycles. The Labute approximate surface area is 119 Å². The lowest BCUT2D eigenvalue weighted by molar-refractivity contribution is -0.154. The third kappa shape index (κ3) is 2.22. The molecule has 0 amide bonds. The average Bonchev–Trinajstić information content (AvgIpc) is 2.54. The van der Waals surface area contributed by atoms with Crippen molar-refractivity contribution in [1.82, 2.24) is 0 Å². The molecule has 1 atom stereocenters. The zero-order chi connectivity index (χ0) is 14.0. The highest BCUT2D eigenvalue weighted by atomic mass is 16.5. The van der Waals surface area contributed by atoms with Gasteiger partial charge in [0.05, 0.1) is 0 Å². The van der Waals surface area contributed by atoms with Gasteiger partial charge in [0.15, 0.2) is 0 Å². The summed E-state index contributed by atoms with van der Waals surface area (Å²) in [5, 5.41) is 13.1. The fourth-order valence-electron chi connectivity index (χ4n) is 3.08.